The highest BCUT2D eigenvalue weighted by Crippen LogP contribution is 2.27. The summed E-state index contributed by atoms with van der Waals surface area (Å²) < 4.78 is 50.7. The Balaban J connectivity index is 0.000000287. The molecule has 0 spiro atoms. The summed E-state index contributed by atoms with van der Waals surface area (Å²) in [5.41, 5.74) is 6.18. The van der Waals surface area contributed by atoms with Crippen molar-refractivity contribution in [1.29, 1.82) is 0 Å². The van der Waals surface area contributed by atoms with Crippen molar-refractivity contribution in [3.8, 4) is 0 Å². The fraction of sp³-hybridized carbons (Fsp3) is 0.368. The van der Waals surface area contributed by atoms with E-state index >= 15 is 0 Å². The van der Waals surface area contributed by atoms with Gasteiger partial charge in [0.05, 0.1) is 0 Å². The van der Waals surface area contributed by atoms with E-state index in [0.29, 0.717) is 17.4 Å². The van der Waals surface area contributed by atoms with Gasteiger partial charge in [-0.25, -0.2) is 17.6 Å². The molecule has 4 aromatic carbocycles. The minimum absolute atomic E-state index is 0.0833. The van der Waals surface area contributed by atoms with Crippen LogP contribution in [0.2, 0.25) is 5.02 Å². The first-order chi connectivity index (χ1) is 20.1. The van der Waals surface area contributed by atoms with E-state index in [2.05, 4.69) is 40.7 Å². The van der Waals surface area contributed by atoms with Gasteiger partial charge in [0, 0.05) is 11.1 Å². The molecule has 234 valence electrons. The molecule has 0 saturated heterocycles. The number of halogens is 5. The molecule has 43 heavy (non-hydrogen) atoms. The first-order valence-corrected chi connectivity index (χ1v) is 15.1. The predicted molar refractivity (Wildman–Crippen MR) is 176 cm³/mol. The summed E-state index contributed by atoms with van der Waals surface area (Å²) >= 11 is 6.02. The highest BCUT2D eigenvalue weighted by molar-refractivity contribution is 6.31. The topological polar surface area (TPSA) is 0 Å². The van der Waals surface area contributed by atoms with Gasteiger partial charge < -0.3 is 0 Å². The van der Waals surface area contributed by atoms with Crippen molar-refractivity contribution in [3.05, 3.63) is 141 Å². The third-order valence-electron chi connectivity index (χ3n) is 6.82. The van der Waals surface area contributed by atoms with E-state index in [1.165, 1.54) is 47.0 Å². The average molecular weight is 615 g/mol. The molecule has 0 aliphatic heterocycles. The van der Waals surface area contributed by atoms with Gasteiger partial charge in [-0.05, 0) is 101 Å². The zero-order valence-corrected chi connectivity index (χ0v) is 28.0. The maximum atomic E-state index is 13.1. The highest BCUT2D eigenvalue weighted by atomic mass is 35.5. The summed E-state index contributed by atoms with van der Waals surface area (Å²) in [6, 6.07) is 21.5. The monoisotopic (exact) mass is 614 g/mol. The van der Waals surface area contributed by atoms with E-state index in [1.54, 1.807) is 6.07 Å². The lowest BCUT2D eigenvalue weighted by atomic mass is 9.98. The summed E-state index contributed by atoms with van der Waals surface area (Å²) in [7, 11) is 0. The van der Waals surface area contributed by atoms with Gasteiger partial charge in [-0.3, -0.25) is 0 Å². The summed E-state index contributed by atoms with van der Waals surface area (Å²) in [5.74, 6) is 0.160. The molecule has 0 nitrogen and oxygen atoms in total. The molecule has 0 aliphatic rings. The molecule has 0 aromatic heterocycles. The van der Waals surface area contributed by atoms with Crippen LogP contribution in [0.4, 0.5) is 17.6 Å². The summed E-state index contributed by atoms with van der Waals surface area (Å²) in [6.45, 7) is 20.3. The quantitative estimate of drug-likeness (QED) is 0.201. The second-order valence-electron chi connectivity index (χ2n) is 11.8. The predicted octanol–water partition coefficient (Wildman–Crippen LogP) is 13.1. The van der Waals surface area contributed by atoms with Gasteiger partial charge in [0.25, 0.3) is 0 Å². The van der Waals surface area contributed by atoms with Gasteiger partial charge in [0.1, 0.15) is 23.3 Å². The van der Waals surface area contributed by atoms with E-state index < -0.39 is 11.6 Å². The Bertz CT molecular complexity index is 1290. The Hall–Kier alpha value is -3.11. The third kappa shape index (κ3) is 13.0. The largest absolute Gasteiger partial charge is 0.207 e. The lowest BCUT2D eigenvalue weighted by Gasteiger charge is -2.10. The Kier molecular flexibility index (Phi) is 16.3. The number of rotatable bonds is 4. The Morgan fingerprint density at radius 3 is 1.35 bits per heavy atom. The van der Waals surface area contributed by atoms with Crippen LogP contribution in [0.15, 0.2) is 78.9 Å². The lowest BCUT2D eigenvalue weighted by molar-refractivity contribution is 0.565. The molecule has 0 atom stereocenters. The van der Waals surface area contributed by atoms with Gasteiger partial charge >= 0.3 is 0 Å². The van der Waals surface area contributed by atoms with Crippen molar-refractivity contribution in [1.82, 2.24) is 0 Å². The van der Waals surface area contributed by atoms with Crippen LogP contribution >= 0.6 is 11.6 Å². The highest BCUT2D eigenvalue weighted by Gasteiger charge is 2.08. The van der Waals surface area contributed by atoms with E-state index in [9.17, 15) is 17.6 Å². The molecule has 5 heteroatoms. The van der Waals surface area contributed by atoms with Crippen LogP contribution in [-0.4, -0.2) is 0 Å². The Morgan fingerprint density at radius 1 is 0.488 bits per heavy atom. The zero-order chi connectivity index (χ0) is 32.9. The van der Waals surface area contributed by atoms with E-state index in [1.807, 2.05) is 65.0 Å². The van der Waals surface area contributed by atoms with Crippen LogP contribution in [0.3, 0.4) is 0 Å². The average Bonchev–Trinajstić information content (AvgIpc) is 2.89. The lowest BCUT2D eigenvalue weighted by Crippen LogP contribution is -1.95. The summed E-state index contributed by atoms with van der Waals surface area (Å²) in [4.78, 5) is 0. The van der Waals surface area contributed by atoms with Gasteiger partial charge in [0.15, 0.2) is 0 Å². The molecule has 0 aliphatic carbocycles. The molecule has 0 radical (unpaired) electrons. The van der Waals surface area contributed by atoms with E-state index in [4.69, 9.17) is 11.6 Å². The second kappa shape index (κ2) is 18.5. The molecule has 0 fully saturated rings. The first kappa shape index (κ1) is 37.9. The Labute approximate surface area is 262 Å². The molecule has 0 saturated carbocycles. The molecular formula is C38H47ClF4. The number of aryl methyl sites for hydroxylation is 2. The summed E-state index contributed by atoms with van der Waals surface area (Å²) in [5, 5.41) is 0.889. The van der Waals surface area contributed by atoms with Gasteiger partial charge in [-0.1, -0.05) is 109 Å². The molecular weight excluding hydrogens is 568 g/mol. The van der Waals surface area contributed by atoms with Crippen molar-refractivity contribution < 1.29 is 17.6 Å². The van der Waals surface area contributed by atoms with Crippen molar-refractivity contribution in [2.45, 2.75) is 92.9 Å². The van der Waals surface area contributed by atoms with Crippen LogP contribution in [0.25, 0.3) is 0 Å². The molecule has 4 aromatic rings. The number of hydrogen-bond acceptors (Lipinski definition) is 0. The fourth-order valence-corrected chi connectivity index (χ4v) is 5.01. The minimum atomic E-state index is -0.521. The Morgan fingerprint density at radius 2 is 0.977 bits per heavy atom. The molecule has 4 rings (SSSR count). The van der Waals surface area contributed by atoms with Crippen molar-refractivity contribution in [2.75, 3.05) is 0 Å². The van der Waals surface area contributed by atoms with Crippen LogP contribution in [-0.2, 0) is 0 Å². The van der Waals surface area contributed by atoms with Gasteiger partial charge in [-0.2, -0.15) is 0 Å². The smallest absolute Gasteiger partial charge is 0.129 e. The van der Waals surface area contributed by atoms with Crippen molar-refractivity contribution in [3.63, 3.8) is 0 Å². The molecule has 0 heterocycles. The van der Waals surface area contributed by atoms with Crippen LogP contribution in [0, 0.1) is 37.1 Å². The SMILES string of the molecule is CC(C)c1ccc(F)cc1.CC(C)c1ccc(F)cc1F.Cc1cccc(Cl)c1C(C)C.Cc1cccc(F)c1C(C)C. The van der Waals surface area contributed by atoms with Crippen molar-refractivity contribution in [2.24, 2.45) is 0 Å². The van der Waals surface area contributed by atoms with E-state index in [-0.39, 0.29) is 23.5 Å². The number of hydrogen-bond donors (Lipinski definition) is 0. The first-order valence-electron chi connectivity index (χ1n) is 14.8. The summed E-state index contributed by atoms with van der Waals surface area (Å²) in [6.07, 6.45) is 0. The molecule has 0 unspecified atom stereocenters. The van der Waals surface area contributed by atoms with E-state index in [0.717, 1.165) is 22.2 Å². The number of benzene rings is 4. The molecule has 0 N–H and O–H groups in total. The molecule has 0 bridgehead atoms. The van der Waals surface area contributed by atoms with Gasteiger partial charge in [0.2, 0.25) is 0 Å². The minimum Gasteiger partial charge on any atom is -0.207 e. The second-order valence-corrected chi connectivity index (χ2v) is 12.2. The van der Waals surface area contributed by atoms with Crippen LogP contribution in [0.1, 0.15) is 112 Å². The molecule has 0 amide bonds. The maximum absolute atomic E-state index is 13.1. The zero-order valence-electron chi connectivity index (χ0n) is 27.2. The van der Waals surface area contributed by atoms with Crippen LogP contribution < -0.4 is 0 Å². The standard InChI is InChI=1S/C10H13Cl.C10H13F.C9H10F2.C9H11F/c2*1-7(2)10-8(3)5-4-6-9(10)11;1-6(2)8-4-3-7(10)5-9(8)11;1-7(2)8-3-5-9(10)6-4-8/h2*4-7H,1-3H3;3-6H,1-2H3;3-7H,1-2H3. The third-order valence-corrected chi connectivity index (χ3v) is 7.15. The maximum Gasteiger partial charge on any atom is 0.129 e. The van der Waals surface area contributed by atoms with Crippen LogP contribution in [0.5, 0.6) is 0 Å². The normalized spacial score (nSPS) is 10.6. The fourth-order valence-electron chi connectivity index (χ4n) is 4.57. The van der Waals surface area contributed by atoms with Crippen molar-refractivity contribution >= 4 is 11.6 Å². The van der Waals surface area contributed by atoms with Gasteiger partial charge in [-0.15, -0.1) is 0 Å².